The Morgan fingerprint density at radius 1 is 1.30 bits per heavy atom. The van der Waals surface area contributed by atoms with Crippen LogP contribution in [0.4, 0.5) is 0 Å². The second-order valence-electron chi connectivity index (χ2n) is 5.23. The zero-order valence-electron chi connectivity index (χ0n) is 13.3. The Balaban J connectivity index is 2.18. The number of hydrogen-bond acceptors (Lipinski definition) is 5. The van der Waals surface area contributed by atoms with Crippen LogP contribution in [0.15, 0.2) is 29.1 Å². The molecule has 2 atom stereocenters. The molecular formula is C16H19N3O4. The molecule has 1 aromatic carbocycles. The maximum absolute atomic E-state index is 12.2. The van der Waals surface area contributed by atoms with E-state index in [4.69, 9.17) is 4.74 Å². The number of rotatable bonds is 5. The van der Waals surface area contributed by atoms with Gasteiger partial charge >= 0.3 is 5.97 Å². The van der Waals surface area contributed by atoms with Crippen LogP contribution in [0.25, 0.3) is 10.9 Å². The molecule has 2 aromatic rings. The van der Waals surface area contributed by atoms with Crippen LogP contribution in [0, 0.1) is 5.92 Å². The number of amides is 1. The third kappa shape index (κ3) is 3.74. The number of nitrogens with one attached hydrogen (secondary N) is 2. The van der Waals surface area contributed by atoms with Crippen LogP contribution in [0.2, 0.25) is 0 Å². The molecule has 23 heavy (non-hydrogen) atoms. The molecule has 1 aromatic heterocycles. The fraction of sp³-hybridized carbons (Fsp3) is 0.375. The molecule has 7 heteroatoms. The predicted octanol–water partition coefficient (Wildman–Crippen LogP) is 1.24. The van der Waals surface area contributed by atoms with Gasteiger partial charge in [0.05, 0.1) is 23.4 Å². The van der Waals surface area contributed by atoms with Crippen molar-refractivity contribution in [2.24, 2.45) is 5.92 Å². The molecular weight excluding hydrogens is 298 g/mol. The lowest BCUT2D eigenvalue weighted by Gasteiger charge is -2.19. The largest absolute Gasteiger partial charge is 0.466 e. The Morgan fingerprint density at radius 2 is 2.00 bits per heavy atom. The van der Waals surface area contributed by atoms with Gasteiger partial charge in [-0.1, -0.05) is 12.1 Å². The molecule has 1 heterocycles. The number of aromatic amines is 1. The summed E-state index contributed by atoms with van der Waals surface area (Å²) in [5.74, 6) is -1.53. The first kappa shape index (κ1) is 16.7. The molecule has 2 N–H and O–H groups in total. The summed E-state index contributed by atoms with van der Waals surface area (Å²) in [4.78, 5) is 42.5. The third-order valence-corrected chi connectivity index (χ3v) is 3.60. The fourth-order valence-corrected chi connectivity index (χ4v) is 2.07. The van der Waals surface area contributed by atoms with Crippen LogP contribution in [-0.2, 0) is 9.53 Å². The zero-order valence-corrected chi connectivity index (χ0v) is 13.3. The predicted molar refractivity (Wildman–Crippen MR) is 85.1 cm³/mol. The maximum atomic E-state index is 12.2. The minimum Gasteiger partial charge on any atom is -0.466 e. The smallest absolute Gasteiger partial charge is 0.310 e. The SMILES string of the molecule is CCOC(=O)[C@H](C)[C@H](C)NC(=O)c1nc2ccccc2c(=O)[nH]1. The Labute approximate surface area is 133 Å². The summed E-state index contributed by atoms with van der Waals surface area (Å²) in [5, 5.41) is 3.07. The number of fused-ring (bicyclic) bond motifs is 1. The van der Waals surface area contributed by atoms with Gasteiger partial charge in [-0.15, -0.1) is 0 Å². The number of carbonyl (C=O) groups is 2. The molecule has 7 nitrogen and oxygen atoms in total. The van der Waals surface area contributed by atoms with Crippen LogP contribution in [0.1, 0.15) is 31.4 Å². The number of ether oxygens (including phenoxy) is 1. The van der Waals surface area contributed by atoms with E-state index in [0.29, 0.717) is 10.9 Å². The molecule has 1 amide bonds. The van der Waals surface area contributed by atoms with Crippen molar-refractivity contribution in [3.05, 3.63) is 40.4 Å². The number of carbonyl (C=O) groups excluding carboxylic acids is 2. The highest BCUT2D eigenvalue weighted by Gasteiger charge is 2.24. The fourth-order valence-electron chi connectivity index (χ4n) is 2.07. The summed E-state index contributed by atoms with van der Waals surface area (Å²) in [7, 11) is 0. The van der Waals surface area contributed by atoms with Gasteiger partial charge in [0.25, 0.3) is 11.5 Å². The van der Waals surface area contributed by atoms with Gasteiger partial charge in [-0.05, 0) is 32.9 Å². The van der Waals surface area contributed by atoms with Crippen molar-refractivity contribution >= 4 is 22.8 Å². The number of aromatic nitrogens is 2. The lowest BCUT2D eigenvalue weighted by molar-refractivity contribution is -0.148. The Morgan fingerprint density at radius 3 is 2.70 bits per heavy atom. The number of hydrogen-bond donors (Lipinski definition) is 2. The van der Waals surface area contributed by atoms with E-state index in [9.17, 15) is 14.4 Å². The summed E-state index contributed by atoms with van der Waals surface area (Å²) in [5.41, 5.74) is 0.0549. The average molecular weight is 317 g/mol. The Hall–Kier alpha value is -2.70. The number of para-hydroxylation sites is 1. The summed E-state index contributed by atoms with van der Waals surface area (Å²) < 4.78 is 4.93. The minimum absolute atomic E-state index is 0.0865. The van der Waals surface area contributed by atoms with Crippen LogP contribution < -0.4 is 10.9 Å². The molecule has 0 aliphatic heterocycles. The summed E-state index contributed by atoms with van der Waals surface area (Å²) >= 11 is 0. The molecule has 2 rings (SSSR count). The summed E-state index contributed by atoms with van der Waals surface area (Å²) in [6.07, 6.45) is 0. The molecule has 0 bridgehead atoms. The van der Waals surface area contributed by atoms with E-state index in [0.717, 1.165) is 0 Å². The summed E-state index contributed by atoms with van der Waals surface area (Å²) in [6.45, 7) is 5.36. The van der Waals surface area contributed by atoms with E-state index < -0.39 is 17.9 Å². The zero-order chi connectivity index (χ0) is 17.0. The number of benzene rings is 1. The molecule has 0 spiro atoms. The highest BCUT2D eigenvalue weighted by atomic mass is 16.5. The molecule has 0 unspecified atom stereocenters. The highest BCUT2D eigenvalue weighted by Crippen LogP contribution is 2.08. The van der Waals surface area contributed by atoms with Crippen molar-refractivity contribution in [1.82, 2.24) is 15.3 Å². The number of esters is 1. The minimum atomic E-state index is -0.545. The van der Waals surface area contributed by atoms with Crippen molar-refractivity contribution < 1.29 is 14.3 Å². The van der Waals surface area contributed by atoms with Gasteiger partial charge in [-0.25, -0.2) is 4.98 Å². The van der Waals surface area contributed by atoms with Gasteiger partial charge in [0, 0.05) is 6.04 Å². The lowest BCUT2D eigenvalue weighted by Crippen LogP contribution is -2.41. The van der Waals surface area contributed by atoms with E-state index in [-0.39, 0.29) is 24.0 Å². The average Bonchev–Trinajstić information content (AvgIpc) is 2.54. The quantitative estimate of drug-likeness (QED) is 0.808. The van der Waals surface area contributed by atoms with Crippen molar-refractivity contribution in [3.63, 3.8) is 0 Å². The molecule has 0 saturated heterocycles. The van der Waals surface area contributed by atoms with Gasteiger partial charge in [0.15, 0.2) is 5.82 Å². The first-order chi connectivity index (χ1) is 10.9. The van der Waals surface area contributed by atoms with E-state index >= 15 is 0 Å². The maximum Gasteiger partial charge on any atom is 0.310 e. The third-order valence-electron chi connectivity index (χ3n) is 3.60. The Bertz CT molecular complexity index is 784. The molecule has 0 aliphatic carbocycles. The molecule has 0 fully saturated rings. The Kier molecular flexibility index (Phi) is 5.10. The topological polar surface area (TPSA) is 101 Å². The van der Waals surface area contributed by atoms with Gasteiger partial charge in [0.2, 0.25) is 0 Å². The van der Waals surface area contributed by atoms with Crippen molar-refractivity contribution in [3.8, 4) is 0 Å². The van der Waals surface area contributed by atoms with Crippen LogP contribution in [-0.4, -0.2) is 34.5 Å². The first-order valence-corrected chi connectivity index (χ1v) is 7.40. The second-order valence-corrected chi connectivity index (χ2v) is 5.23. The number of H-pyrrole nitrogens is 1. The molecule has 0 radical (unpaired) electrons. The normalized spacial score (nSPS) is 13.3. The van der Waals surface area contributed by atoms with Crippen LogP contribution in [0.5, 0.6) is 0 Å². The highest BCUT2D eigenvalue weighted by molar-refractivity contribution is 5.93. The number of nitrogens with zero attached hydrogens (tertiary/aromatic N) is 1. The van der Waals surface area contributed by atoms with Crippen molar-refractivity contribution in [2.45, 2.75) is 26.8 Å². The van der Waals surface area contributed by atoms with Crippen LogP contribution in [0.3, 0.4) is 0 Å². The van der Waals surface area contributed by atoms with Gasteiger partial charge in [-0.3, -0.25) is 14.4 Å². The van der Waals surface area contributed by atoms with Crippen molar-refractivity contribution in [2.75, 3.05) is 6.61 Å². The van der Waals surface area contributed by atoms with Gasteiger partial charge < -0.3 is 15.0 Å². The standard InChI is InChI=1S/C16H19N3O4/c1-4-23-16(22)9(2)10(3)17-15(21)13-18-12-8-6-5-7-11(12)14(20)19-13/h5-10H,4H2,1-3H3,(H,17,21)(H,18,19,20)/t9-,10+/m1/s1. The van der Waals surface area contributed by atoms with E-state index in [2.05, 4.69) is 15.3 Å². The van der Waals surface area contributed by atoms with Crippen LogP contribution >= 0.6 is 0 Å². The van der Waals surface area contributed by atoms with E-state index in [1.165, 1.54) is 0 Å². The first-order valence-electron chi connectivity index (χ1n) is 7.40. The van der Waals surface area contributed by atoms with Gasteiger partial charge in [-0.2, -0.15) is 0 Å². The van der Waals surface area contributed by atoms with Crippen molar-refractivity contribution in [1.29, 1.82) is 0 Å². The molecule has 122 valence electrons. The van der Waals surface area contributed by atoms with E-state index in [1.54, 1.807) is 45.0 Å². The molecule has 0 saturated carbocycles. The second kappa shape index (κ2) is 7.04. The molecule has 0 aliphatic rings. The summed E-state index contributed by atoms with van der Waals surface area (Å²) in [6, 6.07) is 6.29. The van der Waals surface area contributed by atoms with Gasteiger partial charge in [0.1, 0.15) is 0 Å². The monoisotopic (exact) mass is 317 g/mol. The lowest BCUT2D eigenvalue weighted by atomic mass is 10.0. The van der Waals surface area contributed by atoms with E-state index in [1.807, 2.05) is 0 Å².